The molecule has 0 radical (unpaired) electrons. The average molecular weight is 488 g/mol. The van der Waals surface area contributed by atoms with Gasteiger partial charge in [-0.05, 0) is 26.3 Å². The maximum Gasteiger partial charge on any atom is 0.191 e. The Kier molecular flexibility index (Phi) is 7.96. The third-order valence-electron chi connectivity index (χ3n) is 4.34. The van der Waals surface area contributed by atoms with Crippen molar-refractivity contribution < 1.29 is 9.50 Å². The average Bonchev–Trinajstić information content (AvgIpc) is 2.99. The van der Waals surface area contributed by atoms with Gasteiger partial charge in [-0.2, -0.15) is 5.10 Å². The fraction of sp³-hybridized carbons (Fsp3) is 0.500. The van der Waals surface area contributed by atoms with Crippen molar-refractivity contribution in [3.05, 3.63) is 47.3 Å². The summed E-state index contributed by atoms with van der Waals surface area (Å²) in [6.45, 7) is 5.36. The summed E-state index contributed by atoms with van der Waals surface area (Å²) in [6, 6.07) is 6.39. The van der Waals surface area contributed by atoms with Crippen LogP contribution in [0.2, 0.25) is 0 Å². The number of nitrogens with one attached hydrogen (secondary N) is 2. The van der Waals surface area contributed by atoms with Gasteiger partial charge in [0.15, 0.2) is 5.96 Å². The maximum atomic E-state index is 13.8. The van der Waals surface area contributed by atoms with E-state index in [1.54, 1.807) is 18.2 Å². The summed E-state index contributed by atoms with van der Waals surface area (Å²) in [5, 5.41) is 21.2. The van der Waals surface area contributed by atoms with Gasteiger partial charge in [-0.1, -0.05) is 18.2 Å². The number of hydrogen-bond donors (Lipinski definition) is 3. The first-order chi connectivity index (χ1) is 12.6. The molecule has 1 aliphatic rings. The Hall–Kier alpha value is -1.75. The number of hydrogen-bond acceptors (Lipinski definition) is 4. The normalized spacial score (nSPS) is 17.6. The zero-order valence-electron chi connectivity index (χ0n) is 15.5. The smallest absolute Gasteiger partial charge is 0.191 e. The zero-order valence-corrected chi connectivity index (χ0v) is 17.9. The van der Waals surface area contributed by atoms with E-state index in [1.807, 2.05) is 18.5 Å². The molecular weight excluding hydrogens is 462 g/mol. The third kappa shape index (κ3) is 5.61. The quantitative estimate of drug-likeness (QED) is 0.340. The molecule has 3 N–H and O–H groups in total. The molecule has 0 saturated carbocycles. The Balaban J connectivity index is 0.00000261. The molecular formula is C18H26FIN6O. The van der Waals surface area contributed by atoms with E-state index in [9.17, 15) is 9.50 Å². The number of aliphatic hydroxyl groups is 1. The van der Waals surface area contributed by atoms with Gasteiger partial charge in [0.2, 0.25) is 0 Å². The molecule has 27 heavy (non-hydrogen) atoms. The van der Waals surface area contributed by atoms with E-state index >= 15 is 0 Å². The number of aromatic nitrogens is 3. The van der Waals surface area contributed by atoms with Crippen molar-refractivity contribution in [2.24, 2.45) is 4.99 Å². The minimum atomic E-state index is -0.984. The number of halogens is 2. The van der Waals surface area contributed by atoms with E-state index in [-0.39, 0.29) is 42.1 Å². The topological polar surface area (TPSA) is 87.4 Å². The SMILES string of the molecule is CCNC(=NCC(O)c1ccccc1F)NC1CCc2nc(C)nn2C1.I. The minimum absolute atomic E-state index is 0. The molecule has 0 bridgehead atoms. The van der Waals surface area contributed by atoms with Gasteiger partial charge in [0, 0.05) is 24.6 Å². The minimum Gasteiger partial charge on any atom is -0.386 e. The lowest BCUT2D eigenvalue weighted by molar-refractivity contribution is 0.182. The highest BCUT2D eigenvalue weighted by atomic mass is 127. The number of nitrogens with zero attached hydrogens (tertiary/aromatic N) is 4. The Morgan fingerprint density at radius 2 is 2.22 bits per heavy atom. The first kappa shape index (κ1) is 21.5. The van der Waals surface area contributed by atoms with E-state index in [0.29, 0.717) is 12.5 Å². The molecule has 0 amide bonds. The Labute approximate surface area is 175 Å². The van der Waals surface area contributed by atoms with Crippen LogP contribution in [0.5, 0.6) is 0 Å². The number of guanidine groups is 1. The highest BCUT2D eigenvalue weighted by molar-refractivity contribution is 14.0. The first-order valence-corrected chi connectivity index (χ1v) is 8.94. The van der Waals surface area contributed by atoms with E-state index in [0.717, 1.165) is 31.0 Å². The molecule has 2 aromatic rings. The van der Waals surface area contributed by atoms with Crippen LogP contribution in [0.4, 0.5) is 4.39 Å². The third-order valence-corrected chi connectivity index (χ3v) is 4.34. The van der Waals surface area contributed by atoms with E-state index in [1.165, 1.54) is 6.07 Å². The standard InChI is InChI=1S/C18H25FN6O.HI/c1-3-20-18(21-10-16(26)14-6-4-5-7-15(14)19)23-13-8-9-17-22-12(2)24-25(17)11-13;/h4-7,13,16,26H,3,8-11H2,1-2H3,(H2,20,21,23);1H. The van der Waals surface area contributed by atoms with Crippen LogP contribution in [0.25, 0.3) is 0 Å². The maximum absolute atomic E-state index is 13.8. The summed E-state index contributed by atoms with van der Waals surface area (Å²) in [4.78, 5) is 8.83. The van der Waals surface area contributed by atoms with Gasteiger partial charge in [0.1, 0.15) is 23.6 Å². The van der Waals surface area contributed by atoms with Gasteiger partial charge >= 0.3 is 0 Å². The van der Waals surface area contributed by atoms with E-state index in [2.05, 4.69) is 25.7 Å². The summed E-state index contributed by atoms with van der Waals surface area (Å²) in [6.07, 6.45) is 0.802. The molecule has 1 aromatic carbocycles. The number of rotatable bonds is 5. The number of aliphatic imine (C=N–C) groups is 1. The Bertz CT molecular complexity index is 781. The van der Waals surface area contributed by atoms with Crippen molar-refractivity contribution in [2.45, 2.75) is 45.4 Å². The molecule has 148 valence electrons. The lowest BCUT2D eigenvalue weighted by Gasteiger charge is -2.25. The van der Waals surface area contributed by atoms with Gasteiger partial charge in [-0.3, -0.25) is 4.99 Å². The second-order valence-electron chi connectivity index (χ2n) is 6.39. The van der Waals surface area contributed by atoms with Crippen LogP contribution < -0.4 is 10.6 Å². The van der Waals surface area contributed by atoms with Crippen LogP contribution >= 0.6 is 24.0 Å². The molecule has 0 spiro atoms. The molecule has 3 rings (SSSR count). The van der Waals surface area contributed by atoms with Crippen molar-refractivity contribution in [2.75, 3.05) is 13.1 Å². The van der Waals surface area contributed by atoms with Crippen LogP contribution in [-0.2, 0) is 13.0 Å². The molecule has 2 heterocycles. The molecule has 0 aliphatic carbocycles. The molecule has 2 atom stereocenters. The molecule has 1 aromatic heterocycles. The monoisotopic (exact) mass is 488 g/mol. The number of aliphatic hydroxyl groups excluding tert-OH is 1. The summed E-state index contributed by atoms with van der Waals surface area (Å²) < 4.78 is 15.7. The van der Waals surface area contributed by atoms with Crippen LogP contribution in [0.3, 0.4) is 0 Å². The van der Waals surface area contributed by atoms with Gasteiger partial charge in [-0.15, -0.1) is 24.0 Å². The number of aryl methyl sites for hydroxylation is 2. The fourth-order valence-electron chi connectivity index (χ4n) is 3.09. The van der Waals surface area contributed by atoms with Crippen LogP contribution in [-0.4, -0.2) is 45.0 Å². The highest BCUT2D eigenvalue weighted by Crippen LogP contribution is 2.17. The molecule has 2 unspecified atom stereocenters. The molecule has 0 saturated heterocycles. The number of benzene rings is 1. The van der Waals surface area contributed by atoms with Gasteiger partial charge < -0.3 is 15.7 Å². The van der Waals surface area contributed by atoms with Crippen molar-refractivity contribution in [3.63, 3.8) is 0 Å². The lowest BCUT2D eigenvalue weighted by atomic mass is 10.1. The fourth-order valence-corrected chi connectivity index (χ4v) is 3.09. The van der Waals surface area contributed by atoms with Crippen LogP contribution in [0, 0.1) is 12.7 Å². The van der Waals surface area contributed by atoms with E-state index < -0.39 is 11.9 Å². The Morgan fingerprint density at radius 1 is 1.44 bits per heavy atom. The second kappa shape index (κ2) is 9.98. The summed E-state index contributed by atoms with van der Waals surface area (Å²) in [7, 11) is 0. The molecule has 7 nitrogen and oxygen atoms in total. The van der Waals surface area contributed by atoms with E-state index in [4.69, 9.17) is 0 Å². The first-order valence-electron chi connectivity index (χ1n) is 8.94. The second-order valence-corrected chi connectivity index (χ2v) is 6.39. The van der Waals surface area contributed by atoms with Crippen LogP contribution in [0.1, 0.15) is 36.7 Å². The van der Waals surface area contributed by atoms with Gasteiger partial charge in [-0.25, -0.2) is 14.1 Å². The molecule has 9 heteroatoms. The van der Waals surface area contributed by atoms with Crippen LogP contribution in [0.15, 0.2) is 29.3 Å². The summed E-state index contributed by atoms with van der Waals surface area (Å²) >= 11 is 0. The Morgan fingerprint density at radius 3 is 2.96 bits per heavy atom. The summed E-state index contributed by atoms with van der Waals surface area (Å²) in [5.41, 5.74) is 0.257. The van der Waals surface area contributed by atoms with Crippen molar-refractivity contribution >= 4 is 29.9 Å². The number of fused-ring (bicyclic) bond motifs is 1. The molecule has 0 fully saturated rings. The largest absolute Gasteiger partial charge is 0.386 e. The predicted molar refractivity (Wildman–Crippen MR) is 113 cm³/mol. The lowest BCUT2D eigenvalue weighted by Crippen LogP contribution is -2.47. The predicted octanol–water partition coefficient (Wildman–Crippen LogP) is 1.95. The highest BCUT2D eigenvalue weighted by Gasteiger charge is 2.21. The van der Waals surface area contributed by atoms with Crippen molar-refractivity contribution in [1.82, 2.24) is 25.4 Å². The van der Waals surface area contributed by atoms with Crippen molar-refractivity contribution in [3.8, 4) is 0 Å². The van der Waals surface area contributed by atoms with Gasteiger partial charge in [0.05, 0.1) is 13.1 Å². The van der Waals surface area contributed by atoms with Crippen molar-refractivity contribution in [1.29, 1.82) is 0 Å². The zero-order chi connectivity index (χ0) is 18.5. The summed E-state index contributed by atoms with van der Waals surface area (Å²) in [5.74, 6) is 1.98. The van der Waals surface area contributed by atoms with Gasteiger partial charge in [0.25, 0.3) is 0 Å². The molecule has 1 aliphatic heterocycles.